The van der Waals surface area contributed by atoms with E-state index < -0.39 is 0 Å². The number of carbonyl (C=O) groups excluding carboxylic acids is 2. The summed E-state index contributed by atoms with van der Waals surface area (Å²) in [5.41, 5.74) is 2.93. The molecule has 0 bridgehead atoms. The summed E-state index contributed by atoms with van der Waals surface area (Å²) in [6.07, 6.45) is 2.08. The summed E-state index contributed by atoms with van der Waals surface area (Å²) in [5, 5.41) is 3.53. The van der Waals surface area contributed by atoms with Crippen molar-refractivity contribution in [2.45, 2.75) is 33.1 Å². The third-order valence-electron chi connectivity index (χ3n) is 4.22. The SMILES string of the molecule is CC(=O)N(CCC(=O)NCCCc1ccccc1)c1ccc(C)c(Cl)c1. The zero-order valence-corrected chi connectivity index (χ0v) is 16.1. The fourth-order valence-corrected chi connectivity index (χ4v) is 2.86. The number of hydrogen-bond donors (Lipinski definition) is 1. The minimum absolute atomic E-state index is 0.0532. The van der Waals surface area contributed by atoms with E-state index in [1.165, 1.54) is 12.5 Å². The summed E-state index contributed by atoms with van der Waals surface area (Å²) >= 11 is 6.14. The Morgan fingerprint density at radius 3 is 2.50 bits per heavy atom. The standard InChI is InChI=1S/C21H25ClN2O2/c1-16-10-11-19(15-20(16)22)24(17(2)25)14-12-21(26)23-13-6-9-18-7-4-3-5-8-18/h3-5,7-8,10-11,15H,6,9,12-14H2,1-2H3,(H,23,26). The molecule has 0 fully saturated rings. The average molecular weight is 373 g/mol. The van der Waals surface area contributed by atoms with Gasteiger partial charge in [0, 0.05) is 37.1 Å². The van der Waals surface area contributed by atoms with Crippen LogP contribution in [-0.2, 0) is 16.0 Å². The Hall–Kier alpha value is -2.33. The maximum atomic E-state index is 12.1. The van der Waals surface area contributed by atoms with E-state index in [1.54, 1.807) is 11.0 Å². The van der Waals surface area contributed by atoms with E-state index in [1.807, 2.05) is 37.3 Å². The third kappa shape index (κ3) is 6.19. The van der Waals surface area contributed by atoms with Gasteiger partial charge in [-0.2, -0.15) is 0 Å². The van der Waals surface area contributed by atoms with Crippen LogP contribution in [0.4, 0.5) is 5.69 Å². The molecule has 0 aromatic heterocycles. The van der Waals surface area contributed by atoms with Crippen LogP contribution in [-0.4, -0.2) is 24.9 Å². The minimum Gasteiger partial charge on any atom is -0.356 e. The van der Waals surface area contributed by atoms with Gasteiger partial charge in [-0.3, -0.25) is 9.59 Å². The van der Waals surface area contributed by atoms with Gasteiger partial charge in [0.1, 0.15) is 0 Å². The Kier molecular flexibility index (Phi) is 7.67. The largest absolute Gasteiger partial charge is 0.356 e. The molecule has 0 aliphatic carbocycles. The van der Waals surface area contributed by atoms with Crippen molar-refractivity contribution in [3.63, 3.8) is 0 Å². The van der Waals surface area contributed by atoms with Crippen LogP contribution in [0, 0.1) is 6.92 Å². The van der Waals surface area contributed by atoms with Crippen LogP contribution in [0.25, 0.3) is 0 Å². The van der Waals surface area contributed by atoms with Crippen molar-refractivity contribution >= 4 is 29.1 Å². The maximum Gasteiger partial charge on any atom is 0.223 e. The number of benzene rings is 2. The number of amides is 2. The topological polar surface area (TPSA) is 49.4 Å². The summed E-state index contributed by atoms with van der Waals surface area (Å²) in [6, 6.07) is 15.7. The summed E-state index contributed by atoms with van der Waals surface area (Å²) < 4.78 is 0. The summed E-state index contributed by atoms with van der Waals surface area (Å²) in [6.45, 7) is 4.36. The Labute approximate surface area is 160 Å². The van der Waals surface area contributed by atoms with Crippen molar-refractivity contribution in [1.29, 1.82) is 0 Å². The molecule has 0 spiro atoms. The van der Waals surface area contributed by atoms with Crippen LogP contribution in [0.15, 0.2) is 48.5 Å². The average Bonchev–Trinajstić information content (AvgIpc) is 2.62. The molecule has 2 aromatic rings. The number of rotatable bonds is 8. The van der Waals surface area contributed by atoms with Crippen LogP contribution in [0.1, 0.15) is 30.9 Å². The Bertz CT molecular complexity index is 747. The van der Waals surface area contributed by atoms with E-state index in [9.17, 15) is 9.59 Å². The van der Waals surface area contributed by atoms with Gasteiger partial charge in [0.15, 0.2) is 0 Å². The molecule has 0 unspecified atom stereocenters. The molecule has 0 heterocycles. The first-order valence-corrected chi connectivity index (χ1v) is 9.20. The lowest BCUT2D eigenvalue weighted by Crippen LogP contribution is -2.34. The van der Waals surface area contributed by atoms with Gasteiger partial charge in [0.05, 0.1) is 0 Å². The second-order valence-electron chi connectivity index (χ2n) is 6.29. The predicted molar refractivity (Wildman–Crippen MR) is 107 cm³/mol. The first kappa shape index (κ1) is 20.0. The van der Waals surface area contributed by atoms with E-state index in [0.29, 0.717) is 23.8 Å². The first-order valence-electron chi connectivity index (χ1n) is 8.82. The van der Waals surface area contributed by atoms with Gasteiger partial charge in [-0.1, -0.05) is 48.0 Å². The van der Waals surface area contributed by atoms with Crippen LogP contribution in [0.3, 0.4) is 0 Å². The van der Waals surface area contributed by atoms with Gasteiger partial charge < -0.3 is 10.2 Å². The second-order valence-corrected chi connectivity index (χ2v) is 6.70. The van der Waals surface area contributed by atoms with Crippen molar-refractivity contribution in [2.24, 2.45) is 0 Å². The number of carbonyl (C=O) groups is 2. The number of nitrogens with one attached hydrogen (secondary N) is 1. The Balaban J connectivity index is 1.78. The van der Waals surface area contributed by atoms with Crippen molar-refractivity contribution in [3.05, 3.63) is 64.7 Å². The molecule has 0 saturated heterocycles. The molecule has 2 amide bonds. The van der Waals surface area contributed by atoms with Crippen LogP contribution in [0.2, 0.25) is 5.02 Å². The summed E-state index contributed by atoms with van der Waals surface area (Å²) in [4.78, 5) is 25.6. The second kappa shape index (κ2) is 9.97. The lowest BCUT2D eigenvalue weighted by Gasteiger charge is -2.21. The molecule has 1 N–H and O–H groups in total. The van der Waals surface area contributed by atoms with Crippen molar-refractivity contribution in [3.8, 4) is 0 Å². The zero-order valence-electron chi connectivity index (χ0n) is 15.3. The Morgan fingerprint density at radius 2 is 1.85 bits per heavy atom. The molecule has 138 valence electrons. The number of halogens is 1. The molecular weight excluding hydrogens is 348 g/mol. The van der Waals surface area contributed by atoms with Crippen molar-refractivity contribution in [2.75, 3.05) is 18.0 Å². The van der Waals surface area contributed by atoms with Crippen LogP contribution in [0.5, 0.6) is 0 Å². The molecule has 0 radical (unpaired) electrons. The van der Waals surface area contributed by atoms with Crippen LogP contribution >= 0.6 is 11.6 Å². The molecule has 5 heteroatoms. The van der Waals surface area contributed by atoms with Crippen molar-refractivity contribution < 1.29 is 9.59 Å². The lowest BCUT2D eigenvalue weighted by molar-refractivity contribution is -0.121. The maximum absolute atomic E-state index is 12.1. The third-order valence-corrected chi connectivity index (χ3v) is 4.62. The smallest absolute Gasteiger partial charge is 0.223 e. The number of nitrogens with zero attached hydrogens (tertiary/aromatic N) is 1. The van der Waals surface area contributed by atoms with E-state index in [2.05, 4.69) is 17.4 Å². The fourth-order valence-electron chi connectivity index (χ4n) is 2.68. The lowest BCUT2D eigenvalue weighted by atomic mass is 10.1. The van der Waals surface area contributed by atoms with E-state index in [-0.39, 0.29) is 18.2 Å². The summed E-state index contributed by atoms with van der Waals surface area (Å²) in [5.74, 6) is -0.163. The van der Waals surface area contributed by atoms with E-state index >= 15 is 0 Å². The van der Waals surface area contributed by atoms with Gasteiger partial charge in [-0.25, -0.2) is 0 Å². The molecule has 0 aliphatic heterocycles. The highest BCUT2D eigenvalue weighted by atomic mass is 35.5. The number of aryl methyl sites for hydroxylation is 2. The van der Waals surface area contributed by atoms with Crippen molar-refractivity contribution in [1.82, 2.24) is 5.32 Å². The molecular formula is C21H25ClN2O2. The number of anilines is 1. The molecule has 0 atom stereocenters. The molecule has 0 aliphatic rings. The highest BCUT2D eigenvalue weighted by molar-refractivity contribution is 6.31. The predicted octanol–water partition coefficient (Wildman–Crippen LogP) is 4.14. The normalized spacial score (nSPS) is 10.4. The van der Waals surface area contributed by atoms with Gasteiger partial charge in [0.2, 0.25) is 11.8 Å². The van der Waals surface area contributed by atoms with Gasteiger partial charge >= 0.3 is 0 Å². The molecule has 26 heavy (non-hydrogen) atoms. The molecule has 0 saturated carbocycles. The Morgan fingerprint density at radius 1 is 1.12 bits per heavy atom. The highest BCUT2D eigenvalue weighted by Crippen LogP contribution is 2.23. The molecule has 2 rings (SSSR count). The van der Waals surface area contributed by atoms with E-state index in [4.69, 9.17) is 11.6 Å². The van der Waals surface area contributed by atoms with Gasteiger partial charge in [-0.05, 0) is 43.0 Å². The van der Waals surface area contributed by atoms with Crippen LogP contribution < -0.4 is 10.2 Å². The quantitative estimate of drug-likeness (QED) is 0.708. The molecule has 2 aromatic carbocycles. The highest BCUT2D eigenvalue weighted by Gasteiger charge is 2.14. The minimum atomic E-state index is -0.109. The molecule has 4 nitrogen and oxygen atoms in total. The zero-order chi connectivity index (χ0) is 18.9. The first-order chi connectivity index (χ1) is 12.5. The number of hydrogen-bond acceptors (Lipinski definition) is 2. The fraction of sp³-hybridized carbons (Fsp3) is 0.333. The van der Waals surface area contributed by atoms with Gasteiger partial charge in [0.25, 0.3) is 0 Å². The monoisotopic (exact) mass is 372 g/mol. The summed E-state index contributed by atoms with van der Waals surface area (Å²) in [7, 11) is 0. The van der Waals surface area contributed by atoms with Gasteiger partial charge in [-0.15, -0.1) is 0 Å². The van der Waals surface area contributed by atoms with E-state index in [0.717, 1.165) is 18.4 Å².